The van der Waals surface area contributed by atoms with Crippen LogP contribution in [0.15, 0.2) is 43.0 Å². The van der Waals surface area contributed by atoms with Gasteiger partial charge >= 0.3 is 0 Å². The van der Waals surface area contributed by atoms with E-state index in [0.717, 1.165) is 5.56 Å². The summed E-state index contributed by atoms with van der Waals surface area (Å²) in [6.45, 7) is 8.40. The summed E-state index contributed by atoms with van der Waals surface area (Å²) in [5.41, 5.74) is 1.04. The van der Waals surface area contributed by atoms with Gasteiger partial charge in [-0.05, 0) is 19.4 Å². The Morgan fingerprint density at radius 1 is 1.26 bits per heavy atom. The molecule has 3 saturated heterocycles. The van der Waals surface area contributed by atoms with E-state index in [-0.39, 0.29) is 28.1 Å². The van der Waals surface area contributed by atoms with Crippen LogP contribution in [-0.2, 0) is 30.3 Å². The van der Waals surface area contributed by atoms with Crippen LogP contribution in [0.4, 0.5) is 0 Å². The summed E-state index contributed by atoms with van der Waals surface area (Å²) >= 11 is 2.35. The average molecular weight is 485 g/mol. The van der Waals surface area contributed by atoms with Gasteiger partial charge in [0.15, 0.2) is 18.2 Å². The van der Waals surface area contributed by atoms with E-state index in [2.05, 4.69) is 29.2 Å². The lowest BCUT2D eigenvalue weighted by Crippen LogP contribution is -2.70. The highest BCUT2D eigenvalue weighted by atomic mass is 127. The molecule has 7 heteroatoms. The number of carbonyl (C=O) groups is 1. The van der Waals surface area contributed by atoms with Crippen molar-refractivity contribution in [1.82, 2.24) is 4.90 Å². The summed E-state index contributed by atoms with van der Waals surface area (Å²) in [5.74, 6) is -0.675. The first-order chi connectivity index (χ1) is 12.9. The highest BCUT2D eigenvalue weighted by Crippen LogP contribution is 2.44. The Morgan fingerprint density at radius 2 is 2.00 bits per heavy atom. The Labute approximate surface area is 172 Å². The monoisotopic (exact) mass is 485 g/mol. The Morgan fingerprint density at radius 3 is 2.67 bits per heavy atom. The van der Waals surface area contributed by atoms with Gasteiger partial charge in [-0.1, -0.05) is 59.0 Å². The molecule has 6 atom stereocenters. The molecule has 0 radical (unpaired) electrons. The predicted octanol–water partition coefficient (Wildman–Crippen LogP) is 2.65. The molecule has 0 N–H and O–H groups in total. The summed E-state index contributed by atoms with van der Waals surface area (Å²) in [6.07, 6.45) is 0.422. The average Bonchev–Trinajstić information content (AvgIpc) is 3.10. The SMILES string of the molecule is C=CCN1C(=O)[C@@H](OCc2ccccc2)[C@H]1[C@H]1O[C@@H]2OC(C)(C)O[C@@H]2[C@@H]1I. The van der Waals surface area contributed by atoms with Crippen molar-refractivity contribution in [3.63, 3.8) is 0 Å². The molecule has 0 aromatic heterocycles. The maximum atomic E-state index is 12.6. The topological polar surface area (TPSA) is 57.2 Å². The molecule has 3 aliphatic heterocycles. The minimum Gasteiger partial charge on any atom is -0.361 e. The Balaban J connectivity index is 1.48. The number of β-lactam (4-membered cyclic amide) rings is 1. The van der Waals surface area contributed by atoms with Crippen molar-refractivity contribution in [1.29, 1.82) is 0 Å². The van der Waals surface area contributed by atoms with Gasteiger partial charge in [-0.15, -0.1) is 6.58 Å². The zero-order valence-corrected chi connectivity index (χ0v) is 17.6. The van der Waals surface area contributed by atoms with Gasteiger partial charge in [-0.25, -0.2) is 0 Å². The van der Waals surface area contributed by atoms with Crippen LogP contribution in [0.5, 0.6) is 0 Å². The number of carbonyl (C=O) groups excluding carboxylic acids is 1. The van der Waals surface area contributed by atoms with Crippen LogP contribution in [0, 0.1) is 0 Å². The molecule has 0 unspecified atom stereocenters. The molecule has 3 fully saturated rings. The molecule has 6 nitrogen and oxygen atoms in total. The second kappa shape index (κ2) is 7.44. The molecule has 4 rings (SSSR count). The molecule has 1 amide bonds. The van der Waals surface area contributed by atoms with Crippen molar-refractivity contribution in [2.45, 2.75) is 60.8 Å². The fourth-order valence-electron chi connectivity index (χ4n) is 3.93. The van der Waals surface area contributed by atoms with E-state index in [0.29, 0.717) is 13.2 Å². The maximum absolute atomic E-state index is 12.6. The second-order valence-corrected chi connectivity index (χ2v) is 8.94. The van der Waals surface area contributed by atoms with E-state index in [1.54, 1.807) is 11.0 Å². The van der Waals surface area contributed by atoms with Crippen molar-refractivity contribution in [2.24, 2.45) is 0 Å². The zero-order chi connectivity index (χ0) is 19.2. The number of likely N-dealkylation sites (tertiary alicyclic amines) is 1. The highest BCUT2D eigenvalue weighted by molar-refractivity contribution is 14.1. The number of alkyl halides is 1. The molecule has 0 bridgehead atoms. The van der Waals surface area contributed by atoms with Gasteiger partial charge in [0.05, 0.1) is 22.7 Å². The molecule has 3 aliphatic rings. The zero-order valence-electron chi connectivity index (χ0n) is 15.4. The van der Waals surface area contributed by atoms with E-state index in [1.165, 1.54) is 0 Å². The van der Waals surface area contributed by atoms with Crippen LogP contribution in [-0.4, -0.2) is 57.7 Å². The van der Waals surface area contributed by atoms with Crippen LogP contribution in [0.1, 0.15) is 19.4 Å². The molecule has 1 aromatic rings. The molecular formula is C20H24INO5. The third-order valence-corrected chi connectivity index (χ3v) is 6.56. The maximum Gasteiger partial charge on any atom is 0.254 e. The van der Waals surface area contributed by atoms with E-state index >= 15 is 0 Å². The summed E-state index contributed by atoms with van der Waals surface area (Å²) in [5, 5.41) is 0. The first-order valence-electron chi connectivity index (χ1n) is 9.13. The van der Waals surface area contributed by atoms with E-state index < -0.39 is 18.2 Å². The number of halogens is 1. The molecule has 0 saturated carbocycles. The molecule has 0 spiro atoms. The molecule has 27 heavy (non-hydrogen) atoms. The molecule has 3 heterocycles. The lowest BCUT2D eigenvalue weighted by atomic mass is 9.90. The first kappa shape index (κ1) is 19.3. The number of benzene rings is 1. The van der Waals surface area contributed by atoms with Crippen molar-refractivity contribution in [2.75, 3.05) is 6.54 Å². The van der Waals surface area contributed by atoms with E-state index in [9.17, 15) is 4.79 Å². The van der Waals surface area contributed by atoms with Gasteiger partial charge in [0.1, 0.15) is 6.10 Å². The number of hydrogen-bond acceptors (Lipinski definition) is 5. The number of ether oxygens (including phenoxy) is 4. The van der Waals surface area contributed by atoms with E-state index in [1.807, 2.05) is 44.2 Å². The first-order valence-corrected chi connectivity index (χ1v) is 10.4. The lowest BCUT2D eigenvalue weighted by molar-refractivity contribution is -0.226. The van der Waals surface area contributed by atoms with Crippen molar-refractivity contribution >= 4 is 28.5 Å². The van der Waals surface area contributed by atoms with Gasteiger partial charge in [0, 0.05) is 6.54 Å². The minimum atomic E-state index is -0.650. The van der Waals surface area contributed by atoms with E-state index in [4.69, 9.17) is 18.9 Å². The Kier molecular flexibility index (Phi) is 5.32. The van der Waals surface area contributed by atoms with Crippen molar-refractivity contribution in [3.8, 4) is 0 Å². The van der Waals surface area contributed by atoms with Crippen LogP contribution >= 0.6 is 22.6 Å². The number of amides is 1. The third-order valence-electron chi connectivity index (χ3n) is 5.14. The lowest BCUT2D eigenvalue weighted by Gasteiger charge is -2.49. The molecule has 1 aromatic carbocycles. The van der Waals surface area contributed by atoms with Crippen LogP contribution in [0.3, 0.4) is 0 Å². The summed E-state index contributed by atoms with van der Waals surface area (Å²) in [7, 11) is 0. The number of rotatable bonds is 6. The summed E-state index contributed by atoms with van der Waals surface area (Å²) in [6, 6.07) is 9.67. The van der Waals surface area contributed by atoms with Crippen molar-refractivity contribution < 1.29 is 23.7 Å². The number of hydrogen-bond donors (Lipinski definition) is 0. The Hall–Kier alpha value is -1.00. The third kappa shape index (κ3) is 3.55. The molecule has 0 aliphatic carbocycles. The number of nitrogens with zero attached hydrogens (tertiary/aromatic N) is 1. The largest absolute Gasteiger partial charge is 0.361 e. The quantitative estimate of drug-likeness (QED) is 0.269. The fraction of sp³-hybridized carbons (Fsp3) is 0.550. The molecular weight excluding hydrogens is 461 g/mol. The Bertz CT molecular complexity index is 712. The van der Waals surface area contributed by atoms with Gasteiger partial charge in [0.2, 0.25) is 0 Å². The standard InChI is InChI=1S/C20H24INO5/c1-4-10-22-14(15-13(21)16-19(25-15)27-20(2,3)26-16)17(18(22)23)24-11-12-8-6-5-7-9-12/h4-9,13-17,19H,1,10-11H2,2-3H3/t13-,14-,15+,16-,17+,19-/m1/s1. The van der Waals surface area contributed by atoms with Crippen LogP contribution in [0.2, 0.25) is 0 Å². The van der Waals surface area contributed by atoms with Gasteiger partial charge < -0.3 is 23.8 Å². The van der Waals surface area contributed by atoms with Gasteiger partial charge in [0.25, 0.3) is 5.91 Å². The van der Waals surface area contributed by atoms with Crippen LogP contribution in [0.25, 0.3) is 0 Å². The summed E-state index contributed by atoms with van der Waals surface area (Å²) < 4.78 is 24.1. The van der Waals surface area contributed by atoms with Gasteiger partial charge in [-0.2, -0.15) is 0 Å². The van der Waals surface area contributed by atoms with Crippen molar-refractivity contribution in [3.05, 3.63) is 48.6 Å². The fourth-order valence-corrected chi connectivity index (χ4v) is 5.01. The predicted molar refractivity (Wildman–Crippen MR) is 107 cm³/mol. The molecule has 146 valence electrons. The van der Waals surface area contributed by atoms with Gasteiger partial charge in [-0.3, -0.25) is 4.79 Å². The normalized spacial score (nSPS) is 37.1. The highest BCUT2D eigenvalue weighted by Gasteiger charge is 2.62. The summed E-state index contributed by atoms with van der Waals surface area (Å²) in [4.78, 5) is 14.4. The number of fused-ring (bicyclic) bond motifs is 1. The minimum absolute atomic E-state index is 0.0257. The smallest absolute Gasteiger partial charge is 0.254 e. The van der Waals surface area contributed by atoms with Crippen LogP contribution < -0.4 is 0 Å². The second-order valence-electron chi connectivity index (χ2n) is 7.50.